The Morgan fingerprint density at radius 2 is 1.80 bits per heavy atom. The summed E-state index contributed by atoms with van der Waals surface area (Å²) in [7, 11) is 0. The Bertz CT molecular complexity index is 255. The fourth-order valence-corrected chi connectivity index (χ4v) is 1.91. The third-order valence-electron chi connectivity index (χ3n) is 3.07. The van der Waals surface area contributed by atoms with Crippen molar-refractivity contribution in [3.63, 3.8) is 0 Å². The number of nitrogens with one attached hydrogen (secondary N) is 1. The maximum atomic E-state index is 11.7. The molecule has 0 radical (unpaired) electrons. The fourth-order valence-electron chi connectivity index (χ4n) is 1.91. The van der Waals surface area contributed by atoms with Gasteiger partial charge in [0, 0.05) is 19.0 Å². The largest absolute Gasteiger partial charge is 0.347 e. The molecule has 84 valence electrons. The quantitative estimate of drug-likeness (QED) is 0.738. The lowest BCUT2D eigenvalue weighted by Crippen LogP contribution is -2.42. The molecule has 0 spiro atoms. The molecule has 0 bridgehead atoms. The summed E-state index contributed by atoms with van der Waals surface area (Å²) in [5.74, 6) is 0.322. The lowest BCUT2D eigenvalue weighted by molar-refractivity contribution is -0.133. The summed E-state index contributed by atoms with van der Waals surface area (Å²) in [5.41, 5.74) is 0. The van der Waals surface area contributed by atoms with Gasteiger partial charge < -0.3 is 10.2 Å². The molecule has 1 aliphatic heterocycles. The second-order valence-electron chi connectivity index (χ2n) is 4.43. The molecule has 1 saturated heterocycles. The van der Waals surface area contributed by atoms with Gasteiger partial charge in [-0.05, 0) is 32.1 Å². The van der Waals surface area contributed by atoms with Crippen molar-refractivity contribution in [2.24, 2.45) is 5.92 Å². The van der Waals surface area contributed by atoms with Gasteiger partial charge in [0.1, 0.15) is 0 Å². The van der Waals surface area contributed by atoms with Crippen LogP contribution in [0.15, 0.2) is 0 Å². The van der Waals surface area contributed by atoms with Gasteiger partial charge in [-0.2, -0.15) is 0 Å². The van der Waals surface area contributed by atoms with E-state index >= 15 is 0 Å². The van der Waals surface area contributed by atoms with Crippen molar-refractivity contribution >= 4 is 11.8 Å². The Kier molecular flexibility index (Phi) is 3.23. The minimum absolute atomic E-state index is 0.0559. The van der Waals surface area contributed by atoms with Gasteiger partial charge in [-0.1, -0.05) is 0 Å². The Morgan fingerprint density at radius 1 is 1.13 bits per heavy atom. The minimum Gasteiger partial charge on any atom is -0.347 e. The van der Waals surface area contributed by atoms with Crippen molar-refractivity contribution in [1.82, 2.24) is 10.2 Å². The summed E-state index contributed by atoms with van der Waals surface area (Å²) >= 11 is 0. The molecular formula is C11H18N2O2. The van der Waals surface area contributed by atoms with Crippen LogP contribution in [-0.4, -0.2) is 36.3 Å². The summed E-state index contributed by atoms with van der Waals surface area (Å²) < 4.78 is 0. The first-order valence-electron chi connectivity index (χ1n) is 5.83. The molecule has 4 nitrogen and oxygen atoms in total. The van der Waals surface area contributed by atoms with E-state index in [1.807, 2.05) is 4.90 Å². The molecular weight excluding hydrogens is 192 g/mol. The van der Waals surface area contributed by atoms with Crippen molar-refractivity contribution in [1.29, 1.82) is 0 Å². The van der Waals surface area contributed by atoms with E-state index in [0.717, 1.165) is 38.8 Å². The van der Waals surface area contributed by atoms with Gasteiger partial charge >= 0.3 is 0 Å². The van der Waals surface area contributed by atoms with Crippen LogP contribution in [0, 0.1) is 5.92 Å². The zero-order valence-corrected chi connectivity index (χ0v) is 9.00. The smallest absolute Gasteiger partial charge is 0.241 e. The highest BCUT2D eigenvalue weighted by Crippen LogP contribution is 2.28. The van der Waals surface area contributed by atoms with Gasteiger partial charge in [0.15, 0.2) is 0 Å². The van der Waals surface area contributed by atoms with E-state index in [-0.39, 0.29) is 24.3 Å². The van der Waals surface area contributed by atoms with E-state index in [4.69, 9.17) is 0 Å². The van der Waals surface area contributed by atoms with Crippen LogP contribution in [0.5, 0.6) is 0 Å². The maximum Gasteiger partial charge on any atom is 0.241 e. The van der Waals surface area contributed by atoms with Gasteiger partial charge in [0.2, 0.25) is 11.8 Å². The predicted molar refractivity (Wildman–Crippen MR) is 56.2 cm³/mol. The number of carbonyl (C=O) groups excluding carboxylic acids is 2. The third kappa shape index (κ3) is 2.94. The first-order chi connectivity index (χ1) is 7.27. The van der Waals surface area contributed by atoms with Crippen molar-refractivity contribution < 1.29 is 9.59 Å². The van der Waals surface area contributed by atoms with Crippen molar-refractivity contribution in [2.75, 3.05) is 19.6 Å². The zero-order chi connectivity index (χ0) is 10.7. The molecule has 2 rings (SSSR count). The van der Waals surface area contributed by atoms with Crippen molar-refractivity contribution in [3.8, 4) is 0 Å². The average Bonchev–Trinajstić information content (AvgIpc) is 3.10. The molecule has 1 N–H and O–H groups in total. The predicted octanol–water partition coefficient (Wildman–Crippen LogP) is 0.525. The molecule has 0 aromatic rings. The molecule has 1 heterocycles. The highest BCUT2D eigenvalue weighted by atomic mass is 16.2. The van der Waals surface area contributed by atoms with E-state index in [0.29, 0.717) is 0 Å². The number of amides is 2. The van der Waals surface area contributed by atoms with Crippen LogP contribution in [-0.2, 0) is 9.59 Å². The van der Waals surface area contributed by atoms with E-state index < -0.39 is 0 Å². The molecule has 2 fully saturated rings. The first kappa shape index (κ1) is 10.5. The van der Waals surface area contributed by atoms with Crippen LogP contribution >= 0.6 is 0 Å². The van der Waals surface area contributed by atoms with E-state index in [1.165, 1.54) is 6.42 Å². The number of likely N-dealkylation sites (tertiary alicyclic amines) is 1. The van der Waals surface area contributed by atoms with Crippen LogP contribution in [0.4, 0.5) is 0 Å². The summed E-state index contributed by atoms with van der Waals surface area (Å²) in [6.45, 7) is 1.91. The van der Waals surface area contributed by atoms with E-state index in [2.05, 4.69) is 5.32 Å². The molecule has 0 aromatic carbocycles. The topological polar surface area (TPSA) is 49.4 Å². The summed E-state index contributed by atoms with van der Waals surface area (Å²) in [6.07, 6.45) is 5.40. The number of hydrogen-bond donors (Lipinski definition) is 1. The highest BCUT2D eigenvalue weighted by Gasteiger charge is 2.30. The van der Waals surface area contributed by atoms with Crippen molar-refractivity contribution in [2.45, 2.75) is 32.1 Å². The zero-order valence-electron chi connectivity index (χ0n) is 9.00. The van der Waals surface area contributed by atoms with Crippen LogP contribution in [0.25, 0.3) is 0 Å². The molecule has 0 unspecified atom stereocenters. The summed E-state index contributed by atoms with van der Waals surface area (Å²) in [4.78, 5) is 24.8. The third-order valence-corrected chi connectivity index (χ3v) is 3.07. The standard InChI is InChI=1S/C11H18N2O2/c14-10(13-6-2-1-3-7-13)8-12-11(15)9-4-5-9/h9H,1-8H2,(H,12,15). The van der Waals surface area contributed by atoms with Crippen LogP contribution < -0.4 is 5.32 Å². The highest BCUT2D eigenvalue weighted by molar-refractivity contribution is 5.86. The van der Waals surface area contributed by atoms with E-state index in [1.54, 1.807) is 0 Å². The Hall–Kier alpha value is -1.06. The Balaban J connectivity index is 1.68. The molecule has 0 atom stereocenters. The second-order valence-corrected chi connectivity index (χ2v) is 4.43. The molecule has 1 aliphatic carbocycles. The monoisotopic (exact) mass is 210 g/mol. The average molecular weight is 210 g/mol. The van der Waals surface area contributed by atoms with Gasteiger partial charge in [0.05, 0.1) is 6.54 Å². The van der Waals surface area contributed by atoms with Crippen LogP contribution in [0.2, 0.25) is 0 Å². The van der Waals surface area contributed by atoms with Crippen LogP contribution in [0.3, 0.4) is 0 Å². The minimum atomic E-state index is 0.0559. The summed E-state index contributed by atoms with van der Waals surface area (Å²) in [5, 5.41) is 2.71. The van der Waals surface area contributed by atoms with Gasteiger partial charge in [-0.15, -0.1) is 0 Å². The maximum absolute atomic E-state index is 11.7. The SMILES string of the molecule is O=C(NCC(=O)N1CCCCC1)C1CC1. The number of nitrogens with zero attached hydrogens (tertiary/aromatic N) is 1. The van der Waals surface area contributed by atoms with Crippen molar-refractivity contribution in [3.05, 3.63) is 0 Å². The molecule has 2 aliphatic rings. The first-order valence-corrected chi connectivity index (χ1v) is 5.83. The fraction of sp³-hybridized carbons (Fsp3) is 0.818. The molecule has 15 heavy (non-hydrogen) atoms. The van der Waals surface area contributed by atoms with Gasteiger partial charge in [-0.25, -0.2) is 0 Å². The molecule has 0 aromatic heterocycles. The second kappa shape index (κ2) is 4.64. The number of carbonyl (C=O) groups is 2. The van der Waals surface area contributed by atoms with Crippen LogP contribution in [0.1, 0.15) is 32.1 Å². The number of piperidine rings is 1. The van der Waals surface area contributed by atoms with Gasteiger partial charge in [0.25, 0.3) is 0 Å². The molecule has 1 saturated carbocycles. The lowest BCUT2D eigenvalue weighted by Gasteiger charge is -2.26. The Morgan fingerprint density at radius 3 is 2.40 bits per heavy atom. The summed E-state index contributed by atoms with van der Waals surface area (Å²) in [6, 6.07) is 0. The lowest BCUT2D eigenvalue weighted by atomic mass is 10.1. The Labute approximate surface area is 90.0 Å². The van der Waals surface area contributed by atoms with Gasteiger partial charge in [-0.3, -0.25) is 9.59 Å². The normalized spacial score (nSPS) is 21.2. The number of rotatable bonds is 3. The molecule has 2 amide bonds. The molecule has 4 heteroatoms. The number of hydrogen-bond acceptors (Lipinski definition) is 2. The van der Waals surface area contributed by atoms with E-state index in [9.17, 15) is 9.59 Å².